The molecule has 0 saturated carbocycles. The highest BCUT2D eigenvalue weighted by atomic mass is 79.9. The molecule has 0 aliphatic rings. The van der Waals surface area contributed by atoms with E-state index >= 15 is 0 Å². The first kappa shape index (κ1) is 14.7. The molecule has 5 nitrogen and oxygen atoms in total. The highest BCUT2D eigenvalue weighted by Crippen LogP contribution is 2.15. The summed E-state index contributed by atoms with van der Waals surface area (Å²) in [6, 6.07) is 10.2. The summed E-state index contributed by atoms with van der Waals surface area (Å²) in [6.45, 7) is 2.19. The lowest BCUT2D eigenvalue weighted by atomic mass is 10.2. The van der Waals surface area contributed by atoms with Gasteiger partial charge < -0.3 is 15.0 Å². The largest absolute Gasteiger partial charge is 0.477 e. The van der Waals surface area contributed by atoms with Gasteiger partial charge in [0.15, 0.2) is 0 Å². The van der Waals surface area contributed by atoms with Crippen molar-refractivity contribution in [1.82, 2.24) is 15.3 Å². The summed E-state index contributed by atoms with van der Waals surface area (Å²) < 4.78 is 5.78. The van der Waals surface area contributed by atoms with Crippen molar-refractivity contribution in [2.45, 2.75) is 13.0 Å². The highest BCUT2D eigenvalue weighted by molar-refractivity contribution is 9.10. The quantitative estimate of drug-likeness (QED) is 0.759. The summed E-state index contributed by atoms with van der Waals surface area (Å²) >= 11 is 3.15. The third-order valence-electron chi connectivity index (χ3n) is 2.67. The summed E-state index contributed by atoms with van der Waals surface area (Å²) in [4.78, 5) is 17.7. The van der Waals surface area contributed by atoms with E-state index < -0.39 is 0 Å². The average molecular weight is 338 g/mol. The Hall–Kier alpha value is -1.66. The van der Waals surface area contributed by atoms with Crippen LogP contribution in [-0.2, 0) is 6.54 Å². The van der Waals surface area contributed by atoms with Crippen LogP contribution >= 0.6 is 15.9 Å². The van der Waals surface area contributed by atoms with Gasteiger partial charge in [0.1, 0.15) is 4.47 Å². The summed E-state index contributed by atoms with van der Waals surface area (Å²) in [7, 11) is 0. The van der Waals surface area contributed by atoms with Crippen molar-refractivity contribution in [2.24, 2.45) is 0 Å². The maximum atomic E-state index is 11.3. The number of ether oxygens (including phenoxy) is 1. The van der Waals surface area contributed by atoms with Crippen LogP contribution < -0.4 is 15.6 Å². The van der Waals surface area contributed by atoms with Gasteiger partial charge in [-0.15, -0.1) is 0 Å². The second-order valence-electron chi connectivity index (χ2n) is 4.22. The molecule has 6 heteroatoms. The van der Waals surface area contributed by atoms with E-state index in [1.165, 1.54) is 11.9 Å². The molecule has 0 spiro atoms. The normalized spacial score (nSPS) is 10.4. The Kier molecular flexibility index (Phi) is 5.76. The minimum absolute atomic E-state index is 0.239. The standard InChI is InChI=1S/C14H16BrN3O2/c15-12-13(19)17-10-18-14(12)20-8-4-7-16-9-11-5-2-1-3-6-11/h1-3,5-6,10,16H,4,7-9H2,(H,17,18,19). The fourth-order valence-electron chi connectivity index (χ4n) is 1.66. The van der Waals surface area contributed by atoms with E-state index in [-0.39, 0.29) is 5.56 Å². The number of aromatic amines is 1. The molecule has 1 heterocycles. The molecule has 2 N–H and O–H groups in total. The Morgan fingerprint density at radius 2 is 2.10 bits per heavy atom. The molecule has 0 fully saturated rings. The van der Waals surface area contributed by atoms with Gasteiger partial charge in [-0.05, 0) is 34.5 Å². The van der Waals surface area contributed by atoms with Gasteiger partial charge in [-0.1, -0.05) is 30.3 Å². The predicted octanol–water partition coefficient (Wildman–Crippen LogP) is 2.09. The van der Waals surface area contributed by atoms with Gasteiger partial charge in [-0.2, -0.15) is 0 Å². The van der Waals surface area contributed by atoms with E-state index in [0.717, 1.165) is 19.5 Å². The van der Waals surface area contributed by atoms with Crippen molar-refractivity contribution in [3.8, 4) is 5.88 Å². The van der Waals surface area contributed by atoms with Crippen LogP contribution in [-0.4, -0.2) is 23.1 Å². The lowest BCUT2D eigenvalue weighted by molar-refractivity contribution is 0.293. The molecule has 0 aliphatic carbocycles. The fourth-order valence-corrected chi connectivity index (χ4v) is 1.99. The summed E-state index contributed by atoms with van der Waals surface area (Å²) in [5.41, 5.74) is 1.02. The van der Waals surface area contributed by atoms with Gasteiger partial charge >= 0.3 is 0 Å². The zero-order valence-electron chi connectivity index (χ0n) is 10.9. The Bertz CT molecular complexity index is 586. The summed E-state index contributed by atoms with van der Waals surface area (Å²) in [6.07, 6.45) is 2.17. The van der Waals surface area contributed by atoms with Crippen LogP contribution in [0.3, 0.4) is 0 Å². The number of hydrogen-bond acceptors (Lipinski definition) is 4. The zero-order valence-corrected chi connectivity index (χ0v) is 12.5. The van der Waals surface area contributed by atoms with Crippen molar-refractivity contribution in [2.75, 3.05) is 13.2 Å². The van der Waals surface area contributed by atoms with Crippen molar-refractivity contribution in [3.05, 3.63) is 57.0 Å². The maximum Gasteiger partial charge on any atom is 0.268 e. The monoisotopic (exact) mass is 337 g/mol. The molecule has 0 saturated heterocycles. The second-order valence-corrected chi connectivity index (χ2v) is 5.01. The molecule has 1 aromatic carbocycles. The van der Waals surface area contributed by atoms with Crippen molar-refractivity contribution >= 4 is 15.9 Å². The number of halogens is 1. The molecule has 0 amide bonds. The van der Waals surface area contributed by atoms with E-state index in [0.29, 0.717) is 17.0 Å². The van der Waals surface area contributed by atoms with Crippen LogP contribution in [0.5, 0.6) is 5.88 Å². The molecule has 1 aromatic heterocycles. The smallest absolute Gasteiger partial charge is 0.268 e. The van der Waals surface area contributed by atoms with Gasteiger partial charge in [0.25, 0.3) is 5.56 Å². The molecular formula is C14H16BrN3O2. The SMILES string of the molecule is O=c1[nH]cnc(OCCCNCc2ccccc2)c1Br. The molecule has 0 atom stereocenters. The predicted molar refractivity (Wildman–Crippen MR) is 80.8 cm³/mol. The number of hydrogen-bond donors (Lipinski definition) is 2. The van der Waals surface area contributed by atoms with Crippen LogP contribution in [0, 0.1) is 0 Å². The Morgan fingerprint density at radius 1 is 1.30 bits per heavy atom. The topological polar surface area (TPSA) is 67.0 Å². The first-order chi connectivity index (χ1) is 9.77. The molecule has 20 heavy (non-hydrogen) atoms. The lowest BCUT2D eigenvalue weighted by Crippen LogP contribution is -2.17. The number of aromatic nitrogens is 2. The van der Waals surface area contributed by atoms with Gasteiger partial charge in [0, 0.05) is 6.54 Å². The Morgan fingerprint density at radius 3 is 2.90 bits per heavy atom. The average Bonchev–Trinajstić information content (AvgIpc) is 2.48. The summed E-state index contributed by atoms with van der Waals surface area (Å²) in [5.74, 6) is 0.330. The molecule has 0 radical (unpaired) electrons. The lowest BCUT2D eigenvalue weighted by Gasteiger charge is -2.07. The van der Waals surface area contributed by atoms with Gasteiger partial charge in [-0.3, -0.25) is 4.79 Å². The minimum atomic E-state index is -0.239. The van der Waals surface area contributed by atoms with E-state index in [1.54, 1.807) is 0 Å². The molecular weight excluding hydrogens is 322 g/mol. The van der Waals surface area contributed by atoms with Gasteiger partial charge in [0.2, 0.25) is 5.88 Å². The van der Waals surface area contributed by atoms with Crippen LogP contribution in [0.15, 0.2) is 45.9 Å². The van der Waals surface area contributed by atoms with E-state index in [2.05, 4.69) is 43.3 Å². The van der Waals surface area contributed by atoms with Crippen LogP contribution in [0.2, 0.25) is 0 Å². The summed E-state index contributed by atoms with van der Waals surface area (Å²) in [5, 5.41) is 3.33. The first-order valence-electron chi connectivity index (χ1n) is 6.38. The molecule has 2 rings (SSSR count). The third-order valence-corrected chi connectivity index (χ3v) is 3.37. The second kappa shape index (κ2) is 7.81. The number of benzene rings is 1. The van der Waals surface area contributed by atoms with E-state index in [9.17, 15) is 4.79 Å². The number of rotatable bonds is 7. The fraction of sp³-hybridized carbons (Fsp3) is 0.286. The highest BCUT2D eigenvalue weighted by Gasteiger charge is 2.05. The van der Waals surface area contributed by atoms with E-state index in [4.69, 9.17) is 4.74 Å². The maximum absolute atomic E-state index is 11.3. The number of H-pyrrole nitrogens is 1. The van der Waals surface area contributed by atoms with Crippen molar-refractivity contribution in [1.29, 1.82) is 0 Å². The van der Waals surface area contributed by atoms with Crippen molar-refractivity contribution in [3.63, 3.8) is 0 Å². The third kappa shape index (κ3) is 4.47. The molecule has 0 bridgehead atoms. The molecule has 0 unspecified atom stereocenters. The Labute approximate surface area is 125 Å². The number of nitrogens with zero attached hydrogens (tertiary/aromatic N) is 1. The Balaban J connectivity index is 1.65. The van der Waals surface area contributed by atoms with E-state index in [1.807, 2.05) is 18.2 Å². The molecule has 2 aromatic rings. The van der Waals surface area contributed by atoms with Gasteiger partial charge in [-0.25, -0.2) is 4.98 Å². The van der Waals surface area contributed by atoms with Crippen LogP contribution in [0.4, 0.5) is 0 Å². The molecule has 0 aliphatic heterocycles. The van der Waals surface area contributed by atoms with Crippen molar-refractivity contribution < 1.29 is 4.74 Å². The van der Waals surface area contributed by atoms with Crippen LogP contribution in [0.25, 0.3) is 0 Å². The first-order valence-corrected chi connectivity index (χ1v) is 7.17. The molecule has 106 valence electrons. The zero-order chi connectivity index (χ0) is 14.2. The minimum Gasteiger partial charge on any atom is -0.477 e. The van der Waals surface area contributed by atoms with Gasteiger partial charge in [0.05, 0.1) is 12.9 Å². The number of nitrogens with one attached hydrogen (secondary N) is 2. The van der Waals surface area contributed by atoms with Crippen LogP contribution in [0.1, 0.15) is 12.0 Å².